The Morgan fingerprint density at radius 2 is 2.05 bits per heavy atom. The molecule has 0 spiro atoms. The van der Waals surface area contributed by atoms with Crippen LogP contribution in [0.3, 0.4) is 0 Å². The first-order chi connectivity index (χ1) is 9.24. The van der Waals surface area contributed by atoms with E-state index in [1.165, 1.54) is 0 Å². The Hall–Kier alpha value is -2.69. The highest BCUT2D eigenvalue weighted by atomic mass is 16.4. The van der Waals surface area contributed by atoms with Crippen molar-refractivity contribution in [1.82, 2.24) is 14.6 Å². The molecule has 0 unspecified atom stereocenters. The normalized spacial score (nSPS) is 10.7. The Morgan fingerprint density at radius 1 is 1.16 bits per heavy atom. The number of hydrogen-bond donors (Lipinski definition) is 1. The first-order valence-corrected chi connectivity index (χ1v) is 5.85. The Bertz CT molecular complexity index is 749. The Labute approximate surface area is 109 Å². The zero-order chi connectivity index (χ0) is 13.2. The summed E-state index contributed by atoms with van der Waals surface area (Å²) in [5, 5.41) is 17.1. The van der Waals surface area contributed by atoms with Crippen LogP contribution in [-0.2, 0) is 11.2 Å². The summed E-state index contributed by atoms with van der Waals surface area (Å²) in [7, 11) is 0. The van der Waals surface area contributed by atoms with Gasteiger partial charge in [-0.15, -0.1) is 10.2 Å². The van der Waals surface area contributed by atoms with Gasteiger partial charge in [0.1, 0.15) is 0 Å². The molecule has 0 saturated carbocycles. The number of aliphatic carboxylic acids is 1. The molecule has 0 aliphatic carbocycles. The van der Waals surface area contributed by atoms with Crippen LogP contribution in [0.25, 0.3) is 17.0 Å². The van der Waals surface area contributed by atoms with Crippen molar-refractivity contribution in [3.05, 3.63) is 54.2 Å². The van der Waals surface area contributed by atoms with E-state index in [-0.39, 0.29) is 6.42 Å². The average Bonchev–Trinajstić information content (AvgIpc) is 2.82. The van der Waals surface area contributed by atoms with Gasteiger partial charge in [0.15, 0.2) is 11.5 Å². The fourth-order valence-electron chi connectivity index (χ4n) is 2.03. The Kier molecular flexibility index (Phi) is 2.72. The van der Waals surface area contributed by atoms with Crippen LogP contribution >= 0.6 is 0 Å². The standard InChI is InChI=1S/C14H11N3O2/c18-13(19)9-10-4-3-5-11(8-10)14-16-15-12-6-1-2-7-17(12)14/h1-8H,9H2,(H,18,19). The van der Waals surface area contributed by atoms with E-state index in [0.717, 1.165) is 16.8 Å². The van der Waals surface area contributed by atoms with Crippen LogP contribution in [0.5, 0.6) is 0 Å². The lowest BCUT2D eigenvalue weighted by Gasteiger charge is -2.02. The van der Waals surface area contributed by atoms with Crippen molar-refractivity contribution in [2.45, 2.75) is 6.42 Å². The molecule has 0 radical (unpaired) electrons. The molecular formula is C14H11N3O2. The molecule has 0 amide bonds. The van der Waals surface area contributed by atoms with Gasteiger partial charge in [-0.05, 0) is 23.8 Å². The van der Waals surface area contributed by atoms with Crippen LogP contribution < -0.4 is 0 Å². The van der Waals surface area contributed by atoms with E-state index in [0.29, 0.717) is 5.82 Å². The molecule has 5 heteroatoms. The quantitative estimate of drug-likeness (QED) is 0.775. The summed E-state index contributed by atoms with van der Waals surface area (Å²) in [6, 6.07) is 13.0. The van der Waals surface area contributed by atoms with E-state index in [4.69, 9.17) is 5.11 Å². The predicted molar refractivity (Wildman–Crippen MR) is 69.8 cm³/mol. The summed E-state index contributed by atoms with van der Waals surface area (Å²) in [6.45, 7) is 0. The second-order valence-corrected chi connectivity index (χ2v) is 4.22. The summed E-state index contributed by atoms with van der Waals surface area (Å²) in [5.41, 5.74) is 2.37. The maximum absolute atomic E-state index is 10.7. The number of hydrogen-bond acceptors (Lipinski definition) is 3. The van der Waals surface area contributed by atoms with Crippen molar-refractivity contribution >= 4 is 11.6 Å². The first kappa shape index (κ1) is 11.4. The Morgan fingerprint density at radius 3 is 2.89 bits per heavy atom. The SMILES string of the molecule is O=C(O)Cc1cccc(-c2nnc3ccccn23)c1. The van der Waals surface area contributed by atoms with E-state index in [1.807, 2.05) is 47.0 Å². The molecule has 1 N–H and O–H groups in total. The van der Waals surface area contributed by atoms with Crippen LogP contribution in [0, 0.1) is 0 Å². The molecule has 1 aromatic carbocycles. The molecule has 0 saturated heterocycles. The van der Waals surface area contributed by atoms with Gasteiger partial charge in [-0.25, -0.2) is 0 Å². The topological polar surface area (TPSA) is 67.5 Å². The summed E-state index contributed by atoms with van der Waals surface area (Å²) >= 11 is 0. The van der Waals surface area contributed by atoms with E-state index >= 15 is 0 Å². The summed E-state index contributed by atoms with van der Waals surface area (Å²) in [4.78, 5) is 10.7. The summed E-state index contributed by atoms with van der Waals surface area (Å²) in [5.74, 6) is -0.133. The van der Waals surface area contributed by atoms with E-state index in [1.54, 1.807) is 6.07 Å². The van der Waals surface area contributed by atoms with Crippen molar-refractivity contribution in [3.63, 3.8) is 0 Å². The third-order valence-electron chi connectivity index (χ3n) is 2.85. The minimum atomic E-state index is -0.844. The fourth-order valence-corrected chi connectivity index (χ4v) is 2.03. The molecule has 2 heterocycles. The van der Waals surface area contributed by atoms with Gasteiger partial charge in [0.2, 0.25) is 0 Å². The smallest absolute Gasteiger partial charge is 0.307 e. The maximum Gasteiger partial charge on any atom is 0.307 e. The van der Waals surface area contributed by atoms with Crippen molar-refractivity contribution in [2.75, 3.05) is 0 Å². The van der Waals surface area contributed by atoms with E-state index in [9.17, 15) is 4.79 Å². The third kappa shape index (κ3) is 2.18. The summed E-state index contributed by atoms with van der Waals surface area (Å²) in [6.07, 6.45) is 1.89. The van der Waals surface area contributed by atoms with Crippen LogP contribution in [0.2, 0.25) is 0 Å². The number of pyridine rings is 1. The molecule has 0 fully saturated rings. The van der Waals surface area contributed by atoms with Crippen LogP contribution in [0.15, 0.2) is 48.7 Å². The lowest BCUT2D eigenvalue weighted by atomic mass is 10.1. The third-order valence-corrected chi connectivity index (χ3v) is 2.85. The molecule has 0 atom stereocenters. The number of fused-ring (bicyclic) bond motifs is 1. The molecule has 19 heavy (non-hydrogen) atoms. The highest BCUT2D eigenvalue weighted by molar-refractivity contribution is 5.71. The minimum Gasteiger partial charge on any atom is -0.481 e. The molecule has 2 aromatic heterocycles. The predicted octanol–water partition coefficient (Wildman–Crippen LogP) is 2.02. The van der Waals surface area contributed by atoms with Gasteiger partial charge in [0, 0.05) is 11.8 Å². The zero-order valence-electron chi connectivity index (χ0n) is 10.0. The molecule has 3 rings (SSSR count). The first-order valence-electron chi connectivity index (χ1n) is 5.85. The number of aromatic nitrogens is 3. The number of carboxylic acid groups (broad SMARTS) is 1. The van der Waals surface area contributed by atoms with E-state index in [2.05, 4.69) is 10.2 Å². The van der Waals surface area contributed by atoms with Crippen molar-refractivity contribution in [2.24, 2.45) is 0 Å². The number of nitrogens with zero attached hydrogens (tertiary/aromatic N) is 3. The molecule has 0 bridgehead atoms. The number of carbonyl (C=O) groups is 1. The van der Waals surface area contributed by atoms with Crippen molar-refractivity contribution in [1.29, 1.82) is 0 Å². The minimum absolute atomic E-state index is 0.00454. The molecule has 5 nitrogen and oxygen atoms in total. The van der Waals surface area contributed by atoms with Gasteiger partial charge in [0.05, 0.1) is 6.42 Å². The maximum atomic E-state index is 10.7. The number of rotatable bonds is 3. The van der Waals surface area contributed by atoms with Crippen LogP contribution in [0.1, 0.15) is 5.56 Å². The molecular weight excluding hydrogens is 242 g/mol. The number of carboxylic acids is 1. The lowest BCUT2D eigenvalue weighted by Crippen LogP contribution is -2.00. The number of benzene rings is 1. The van der Waals surface area contributed by atoms with Crippen molar-refractivity contribution < 1.29 is 9.90 Å². The van der Waals surface area contributed by atoms with Crippen LogP contribution in [0.4, 0.5) is 0 Å². The zero-order valence-corrected chi connectivity index (χ0v) is 10.0. The Balaban J connectivity index is 2.09. The summed E-state index contributed by atoms with van der Waals surface area (Å²) < 4.78 is 1.87. The fraction of sp³-hybridized carbons (Fsp3) is 0.0714. The second-order valence-electron chi connectivity index (χ2n) is 4.22. The van der Waals surface area contributed by atoms with Gasteiger partial charge in [-0.2, -0.15) is 0 Å². The molecule has 0 aliphatic rings. The van der Waals surface area contributed by atoms with Gasteiger partial charge in [-0.3, -0.25) is 9.20 Å². The van der Waals surface area contributed by atoms with Gasteiger partial charge in [0.25, 0.3) is 0 Å². The molecule has 3 aromatic rings. The monoisotopic (exact) mass is 253 g/mol. The molecule has 0 aliphatic heterocycles. The van der Waals surface area contributed by atoms with Crippen molar-refractivity contribution in [3.8, 4) is 11.4 Å². The largest absolute Gasteiger partial charge is 0.481 e. The van der Waals surface area contributed by atoms with Gasteiger partial charge in [-0.1, -0.05) is 24.3 Å². The second kappa shape index (κ2) is 4.53. The van der Waals surface area contributed by atoms with Gasteiger partial charge < -0.3 is 5.11 Å². The highest BCUT2D eigenvalue weighted by Crippen LogP contribution is 2.19. The molecule has 94 valence electrons. The highest BCUT2D eigenvalue weighted by Gasteiger charge is 2.08. The average molecular weight is 253 g/mol. The van der Waals surface area contributed by atoms with Gasteiger partial charge >= 0.3 is 5.97 Å². The van der Waals surface area contributed by atoms with Crippen LogP contribution in [-0.4, -0.2) is 25.7 Å². The van der Waals surface area contributed by atoms with E-state index < -0.39 is 5.97 Å². The lowest BCUT2D eigenvalue weighted by molar-refractivity contribution is -0.136.